The Labute approximate surface area is 69.9 Å². The van der Waals surface area contributed by atoms with E-state index in [4.69, 9.17) is 5.73 Å². The molecule has 10 heavy (non-hydrogen) atoms. The SMILES string of the molecule is NC1CCCC2SSC2C1. The van der Waals surface area contributed by atoms with Crippen LogP contribution in [0.1, 0.15) is 25.7 Å². The van der Waals surface area contributed by atoms with Crippen molar-refractivity contribution in [1.82, 2.24) is 0 Å². The second-order valence-electron chi connectivity index (χ2n) is 3.20. The highest BCUT2D eigenvalue weighted by Gasteiger charge is 2.35. The summed E-state index contributed by atoms with van der Waals surface area (Å²) in [4.78, 5) is 0. The molecular weight excluding hydrogens is 162 g/mol. The van der Waals surface area contributed by atoms with Crippen molar-refractivity contribution < 1.29 is 0 Å². The molecule has 3 atom stereocenters. The van der Waals surface area contributed by atoms with Crippen LogP contribution in [-0.4, -0.2) is 16.5 Å². The molecule has 0 amide bonds. The molecule has 0 aromatic heterocycles. The van der Waals surface area contributed by atoms with Gasteiger partial charge in [-0.05, 0) is 19.3 Å². The summed E-state index contributed by atoms with van der Waals surface area (Å²) in [5.41, 5.74) is 5.90. The first-order valence-electron chi connectivity index (χ1n) is 3.94. The molecule has 2 aliphatic rings. The van der Waals surface area contributed by atoms with Gasteiger partial charge in [0.1, 0.15) is 0 Å². The maximum atomic E-state index is 5.90. The molecule has 0 aromatic carbocycles. The van der Waals surface area contributed by atoms with Crippen molar-refractivity contribution in [2.45, 2.75) is 42.2 Å². The molecule has 1 heterocycles. The summed E-state index contributed by atoms with van der Waals surface area (Å²) < 4.78 is 0. The summed E-state index contributed by atoms with van der Waals surface area (Å²) in [6.45, 7) is 0. The Bertz CT molecular complexity index is 129. The van der Waals surface area contributed by atoms with E-state index >= 15 is 0 Å². The van der Waals surface area contributed by atoms with Gasteiger partial charge in [0.15, 0.2) is 0 Å². The maximum absolute atomic E-state index is 5.90. The Morgan fingerprint density at radius 1 is 1.10 bits per heavy atom. The monoisotopic (exact) mass is 175 g/mol. The van der Waals surface area contributed by atoms with Gasteiger partial charge in [-0.2, -0.15) is 0 Å². The smallest absolute Gasteiger partial charge is 0.0293 e. The summed E-state index contributed by atoms with van der Waals surface area (Å²) in [7, 11) is 4.11. The van der Waals surface area contributed by atoms with Crippen LogP contribution < -0.4 is 5.73 Å². The van der Waals surface area contributed by atoms with Gasteiger partial charge in [-0.15, -0.1) is 0 Å². The van der Waals surface area contributed by atoms with Crippen LogP contribution in [0.15, 0.2) is 0 Å². The average Bonchev–Trinajstić information content (AvgIpc) is 1.99. The van der Waals surface area contributed by atoms with Crippen LogP contribution in [0.5, 0.6) is 0 Å². The third-order valence-electron chi connectivity index (χ3n) is 2.32. The van der Waals surface area contributed by atoms with Crippen molar-refractivity contribution in [3.05, 3.63) is 0 Å². The first-order valence-corrected chi connectivity index (χ1v) is 6.21. The summed E-state index contributed by atoms with van der Waals surface area (Å²) in [5, 5.41) is 1.86. The number of hydrogen-bond donors (Lipinski definition) is 1. The lowest BCUT2D eigenvalue weighted by atomic mass is 10.1. The Kier molecular flexibility index (Phi) is 2.16. The van der Waals surface area contributed by atoms with Crippen molar-refractivity contribution >= 4 is 21.6 Å². The Balaban J connectivity index is 1.93. The van der Waals surface area contributed by atoms with Gasteiger partial charge < -0.3 is 5.73 Å². The van der Waals surface area contributed by atoms with Gasteiger partial charge in [0.05, 0.1) is 0 Å². The zero-order valence-electron chi connectivity index (χ0n) is 5.95. The first kappa shape index (κ1) is 7.32. The molecule has 2 rings (SSSR count). The van der Waals surface area contributed by atoms with E-state index in [1.165, 1.54) is 25.7 Å². The predicted molar refractivity (Wildman–Crippen MR) is 49.2 cm³/mol. The summed E-state index contributed by atoms with van der Waals surface area (Å²) in [6, 6.07) is 0.503. The van der Waals surface area contributed by atoms with Crippen LogP contribution in [0.25, 0.3) is 0 Å². The fourth-order valence-corrected chi connectivity index (χ4v) is 4.70. The van der Waals surface area contributed by atoms with Crippen molar-refractivity contribution in [2.24, 2.45) is 5.73 Å². The number of fused-ring (bicyclic) bond motifs is 1. The molecule has 1 saturated carbocycles. The Morgan fingerprint density at radius 3 is 2.60 bits per heavy atom. The highest BCUT2D eigenvalue weighted by atomic mass is 33.1. The lowest BCUT2D eigenvalue weighted by Crippen LogP contribution is -2.30. The topological polar surface area (TPSA) is 26.0 Å². The summed E-state index contributed by atoms with van der Waals surface area (Å²) >= 11 is 0. The third kappa shape index (κ3) is 1.31. The standard InChI is InChI=1S/C7H13NS2/c8-5-2-1-3-6-7(4-5)10-9-6/h5-7H,1-4,8H2. The van der Waals surface area contributed by atoms with E-state index in [9.17, 15) is 0 Å². The molecule has 0 aromatic rings. The highest BCUT2D eigenvalue weighted by molar-refractivity contribution is 8.80. The van der Waals surface area contributed by atoms with Crippen LogP contribution >= 0.6 is 21.6 Å². The molecule has 1 saturated heterocycles. The second-order valence-corrected chi connectivity index (χ2v) is 5.95. The third-order valence-corrected chi connectivity index (χ3v) is 6.00. The van der Waals surface area contributed by atoms with E-state index in [2.05, 4.69) is 10.8 Å². The summed E-state index contributed by atoms with van der Waals surface area (Å²) in [6.07, 6.45) is 5.29. The minimum Gasteiger partial charge on any atom is -0.328 e. The van der Waals surface area contributed by atoms with Gasteiger partial charge in [0, 0.05) is 16.5 Å². The zero-order chi connectivity index (χ0) is 6.97. The van der Waals surface area contributed by atoms with Crippen LogP contribution in [0.4, 0.5) is 0 Å². The normalized spacial score (nSPS) is 47.1. The van der Waals surface area contributed by atoms with Gasteiger partial charge in [-0.3, -0.25) is 0 Å². The second kappa shape index (κ2) is 2.95. The van der Waals surface area contributed by atoms with Crippen LogP contribution in [0.2, 0.25) is 0 Å². The van der Waals surface area contributed by atoms with E-state index in [0.717, 1.165) is 10.5 Å². The fraction of sp³-hybridized carbons (Fsp3) is 1.00. The molecule has 58 valence electrons. The van der Waals surface area contributed by atoms with E-state index < -0.39 is 0 Å². The molecule has 3 unspecified atom stereocenters. The number of nitrogens with two attached hydrogens (primary N) is 1. The fourth-order valence-electron chi connectivity index (χ4n) is 1.64. The number of hydrogen-bond acceptors (Lipinski definition) is 3. The van der Waals surface area contributed by atoms with E-state index in [0.29, 0.717) is 6.04 Å². The quantitative estimate of drug-likeness (QED) is 0.570. The lowest BCUT2D eigenvalue weighted by Gasteiger charge is -2.33. The molecule has 2 N–H and O–H groups in total. The summed E-state index contributed by atoms with van der Waals surface area (Å²) in [5.74, 6) is 0. The largest absolute Gasteiger partial charge is 0.328 e. The van der Waals surface area contributed by atoms with Crippen molar-refractivity contribution in [1.29, 1.82) is 0 Å². The molecule has 0 spiro atoms. The zero-order valence-corrected chi connectivity index (χ0v) is 7.59. The van der Waals surface area contributed by atoms with Gasteiger partial charge in [-0.1, -0.05) is 28.0 Å². The predicted octanol–water partition coefficient (Wildman–Crippen LogP) is 2.02. The molecule has 2 fully saturated rings. The van der Waals surface area contributed by atoms with Crippen molar-refractivity contribution in [3.63, 3.8) is 0 Å². The molecule has 1 aliphatic carbocycles. The van der Waals surface area contributed by atoms with E-state index in [1.54, 1.807) is 0 Å². The maximum Gasteiger partial charge on any atom is 0.0293 e. The Hall–Kier alpha value is 0.660. The first-order chi connectivity index (χ1) is 4.86. The van der Waals surface area contributed by atoms with Gasteiger partial charge in [0.25, 0.3) is 0 Å². The lowest BCUT2D eigenvalue weighted by molar-refractivity contribution is 0.588. The van der Waals surface area contributed by atoms with E-state index in [1.807, 2.05) is 10.8 Å². The minimum atomic E-state index is 0.503. The van der Waals surface area contributed by atoms with Crippen molar-refractivity contribution in [3.8, 4) is 0 Å². The number of rotatable bonds is 0. The van der Waals surface area contributed by atoms with Crippen LogP contribution in [0.3, 0.4) is 0 Å². The molecule has 3 heteroatoms. The molecule has 1 nitrogen and oxygen atoms in total. The molecule has 0 bridgehead atoms. The van der Waals surface area contributed by atoms with Gasteiger partial charge >= 0.3 is 0 Å². The highest BCUT2D eigenvalue weighted by Crippen LogP contribution is 2.52. The van der Waals surface area contributed by atoms with Gasteiger partial charge in [0.2, 0.25) is 0 Å². The van der Waals surface area contributed by atoms with E-state index in [-0.39, 0.29) is 0 Å². The average molecular weight is 175 g/mol. The molecular formula is C7H13NS2. The molecule has 0 radical (unpaired) electrons. The van der Waals surface area contributed by atoms with Crippen LogP contribution in [-0.2, 0) is 0 Å². The van der Waals surface area contributed by atoms with Gasteiger partial charge in [-0.25, -0.2) is 0 Å². The minimum absolute atomic E-state index is 0.503. The van der Waals surface area contributed by atoms with Crippen molar-refractivity contribution in [2.75, 3.05) is 0 Å². The van der Waals surface area contributed by atoms with Crippen LogP contribution in [0, 0.1) is 0 Å². The molecule has 1 aliphatic heterocycles. The Morgan fingerprint density at radius 2 is 1.90 bits per heavy atom.